The van der Waals surface area contributed by atoms with Crippen LogP contribution >= 0.6 is 0 Å². The Morgan fingerprint density at radius 1 is 1.04 bits per heavy atom. The van der Waals surface area contributed by atoms with E-state index in [1.165, 1.54) is 18.7 Å². The third kappa shape index (κ3) is 8.75. The molecule has 3 fully saturated rings. The van der Waals surface area contributed by atoms with Crippen molar-refractivity contribution in [1.29, 1.82) is 0 Å². The van der Waals surface area contributed by atoms with Crippen LogP contribution in [0.25, 0.3) is 11.2 Å². The lowest BCUT2D eigenvalue weighted by Gasteiger charge is -2.46. The number of cyclic esters (lactones) is 1. The number of amides is 1. The number of Topliss-reactive ketones (excluding diaryl/α,β-unsaturated/α-hetero) is 2. The number of alkyl halides is 1. The van der Waals surface area contributed by atoms with Gasteiger partial charge < -0.3 is 43.5 Å². The Balaban J connectivity index is 1.47. The second kappa shape index (κ2) is 17.3. The molecule has 16 heteroatoms. The molecule has 318 valence electrons. The molecule has 15 nitrogen and oxygen atoms in total. The lowest BCUT2D eigenvalue weighted by Crippen LogP contribution is -2.61. The van der Waals surface area contributed by atoms with Crippen LogP contribution in [-0.2, 0) is 39.9 Å². The highest BCUT2D eigenvalue weighted by atomic mass is 19.1. The quantitative estimate of drug-likeness (QED) is 0.198. The molecule has 0 saturated carbocycles. The third-order valence-corrected chi connectivity index (χ3v) is 12.6. The summed E-state index contributed by atoms with van der Waals surface area (Å²) < 4.78 is 42.8. The minimum Gasteiger partial charge on any atom is -0.455 e. The summed E-state index contributed by atoms with van der Waals surface area (Å²) >= 11 is 0. The number of nitrogens with zero attached hydrogens (tertiary/aromatic N) is 5. The number of ketones is 2. The van der Waals surface area contributed by atoms with E-state index in [2.05, 4.69) is 9.97 Å². The predicted molar refractivity (Wildman–Crippen MR) is 206 cm³/mol. The van der Waals surface area contributed by atoms with Gasteiger partial charge in [-0.1, -0.05) is 34.6 Å². The van der Waals surface area contributed by atoms with Gasteiger partial charge in [-0.2, -0.15) is 0 Å². The minimum atomic E-state index is -3.23. The number of carbonyl (C=O) groups is 4. The summed E-state index contributed by atoms with van der Waals surface area (Å²) in [6.07, 6.45) is -1.57. The van der Waals surface area contributed by atoms with Crippen molar-refractivity contribution < 1.29 is 52.7 Å². The molecule has 2 aromatic heterocycles. The van der Waals surface area contributed by atoms with E-state index in [9.17, 15) is 29.4 Å². The number of imidazole rings is 1. The average Bonchev–Trinajstić information content (AvgIpc) is 3.69. The maximum atomic E-state index is 16.8. The van der Waals surface area contributed by atoms with Gasteiger partial charge in [-0.05, 0) is 85.5 Å². The van der Waals surface area contributed by atoms with Crippen LogP contribution in [0.3, 0.4) is 0 Å². The molecule has 2 N–H and O–H groups in total. The van der Waals surface area contributed by atoms with Crippen LogP contribution in [0.1, 0.15) is 94.4 Å². The molecule has 3 aliphatic heterocycles. The van der Waals surface area contributed by atoms with Gasteiger partial charge in [-0.3, -0.25) is 9.59 Å². The highest BCUT2D eigenvalue weighted by Crippen LogP contribution is 2.43. The first-order valence-electron chi connectivity index (χ1n) is 20.3. The Morgan fingerprint density at radius 2 is 1.72 bits per heavy atom. The molecule has 57 heavy (non-hydrogen) atoms. The third-order valence-electron chi connectivity index (χ3n) is 12.6. The van der Waals surface area contributed by atoms with E-state index >= 15 is 4.39 Å². The Bertz CT molecular complexity index is 1770. The number of ether oxygens (including phenoxy) is 4. The van der Waals surface area contributed by atoms with Gasteiger partial charge in [-0.25, -0.2) is 23.9 Å². The standard InChI is InChI=1S/C41H62FN5O10/c1-11-29-41(9)32(47(38(52)57-41)19-14-13-18-46-22-44-27-16-15-17-43-35(27)46)25(5)30(48)23(3)21-39(7,53)34(26(6)33(50)40(8,42)37(51)55-29)56-36-31(49)28(45(10)12-2)20-24(4)54-36/h15-17,22-26,28-29,31-32,34,36,49,53H,11-14,18-21H2,1-10H3/t23-,24-,25+,26+,28+,29-,31-,32?,34-,36?,39-,40+,41-/m1/s1. The largest absolute Gasteiger partial charge is 0.455 e. The summed E-state index contributed by atoms with van der Waals surface area (Å²) in [7, 11) is 1.85. The fraction of sp³-hybridized carbons (Fsp3) is 0.756. The van der Waals surface area contributed by atoms with Crippen LogP contribution in [0.4, 0.5) is 9.18 Å². The summed E-state index contributed by atoms with van der Waals surface area (Å²) in [5.74, 6) is -6.31. The summed E-state index contributed by atoms with van der Waals surface area (Å²) in [6, 6.07) is 2.33. The van der Waals surface area contributed by atoms with Gasteiger partial charge in [0.2, 0.25) is 0 Å². The number of fused-ring (bicyclic) bond motifs is 2. The number of aromatic nitrogens is 3. The Labute approximate surface area is 334 Å². The highest BCUT2D eigenvalue weighted by molar-refractivity contribution is 6.08. The van der Waals surface area contributed by atoms with Crippen LogP contribution in [0.15, 0.2) is 24.7 Å². The monoisotopic (exact) mass is 803 g/mol. The zero-order chi connectivity index (χ0) is 42.2. The number of hydrogen-bond donors (Lipinski definition) is 2. The highest BCUT2D eigenvalue weighted by Gasteiger charge is 2.61. The summed E-state index contributed by atoms with van der Waals surface area (Å²) in [6.45, 7) is 15.2. The van der Waals surface area contributed by atoms with Crippen LogP contribution < -0.4 is 0 Å². The van der Waals surface area contributed by atoms with Gasteiger partial charge in [0.25, 0.3) is 5.67 Å². The lowest BCUT2D eigenvalue weighted by atomic mass is 9.73. The molecule has 5 rings (SSSR count). The van der Waals surface area contributed by atoms with E-state index in [4.69, 9.17) is 18.9 Å². The molecule has 0 spiro atoms. The molecule has 0 radical (unpaired) electrons. The molecule has 2 unspecified atom stereocenters. The average molecular weight is 804 g/mol. The smallest absolute Gasteiger partial charge is 0.410 e. The summed E-state index contributed by atoms with van der Waals surface area (Å²) in [4.78, 5) is 68.4. The minimum absolute atomic E-state index is 0.0692. The molecule has 13 atom stereocenters. The van der Waals surface area contributed by atoms with Gasteiger partial charge in [0, 0.05) is 43.1 Å². The number of hydrogen-bond acceptors (Lipinski definition) is 13. The van der Waals surface area contributed by atoms with E-state index in [0.717, 1.165) is 18.1 Å². The number of carbonyl (C=O) groups excluding carboxylic acids is 4. The van der Waals surface area contributed by atoms with Gasteiger partial charge in [0.15, 0.2) is 23.3 Å². The zero-order valence-corrected chi connectivity index (χ0v) is 35.0. The second-order valence-electron chi connectivity index (χ2n) is 17.0. The first-order valence-corrected chi connectivity index (χ1v) is 20.3. The number of halogens is 1. The Morgan fingerprint density at radius 3 is 2.39 bits per heavy atom. The summed E-state index contributed by atoms with van der Waals surface area (Å²) in [5.41, 5.74) is -5.34. The lowest BCUT2D eigenvalue weighted by molar-refractivity contribution is -0.294. The van der Waals surface area contributed by atoms with Crippen molar-refractivity contribution in [2.24, 2.45) is 17.8 Å². The SMILES string of the molecule is CC[C@H]1OC(=O)[C@@](C)(F)C(=O)[C@H](C)[C@@H](OC2O[C@H](C)C[C@H](N(C)CC)[C@H]2O)[C@](C)(O)C[C@@H](C)C(=O)[C@H](C)C2N(CCCCn3cnc4cccnc43)C(=O)O[C@@]21C. The van der Waals surface area contributed by atoms with Gasteiger partial charge in [-0.15, -0.1) is 0 Å². The van der Waals surface area contributed by atoms with E-state index < -0.39 is 83.1 Å². The second-order valence-corrected chi connectivity index (χ2v) is 17.0. The molecular weight excluding hydrogens is 741 g/mol. The number of aliphatic hydroxyl groups is 2. The predicted octanol–water partition coefficient (Wildman–Crippen LogP) is 4.24. The van der Waals surface area contributed by atoms with E-state index in [0.29, 0.717) is 32.4 Å². The first-order chi connectivity index (χ1) is 26.7. The number of likely N-dealkylation sites (N-methyl/N-ethyl adjacent to an activating group) is 1. The molecule has 2 aromatic rings. The number of aliphatic hydroxyl groups excluding tert-OH is 1. The maximum absolute atomic E-state index is 16.8. The number of aryl methyl sites for hydroxylation is 1. The van der Waals surface area contributed by atoms with E-state index in [-0.39, 0.29) is 37.3 Å². The van der Waals surface area contributed by atoms with Crippen LogP contribution in [0.5, 0.6) is 0 Å². The number of esters is 1. The maximum Gasteiger partial charge on any atom is 0.410 e. The van der Waals surface area contributed by atoms with Crippen molar-refractivity contribution >= 4 is 34.8 Å². The summed E-state index contributed by atoms with van der Waals surface area (Å²) in [5, 5.41) is 23.7. The van der Waals surface area contributed by atoms with Gasteiger partial charge in [0.05, 0.1) is 30.2 Å². The van der Waals surface area contributed by atoms with Crippen LogP contribution in [-0.4, -0.2) is 138 Å². The van der Waals surface area contributed by atoms with E-state index in [1.807, 2.05) is 42.5 Å². The fourth-order valence-electron chi connectivity index (χ4n) is 9.32. The Hall–Kier alpha value is -3.57. The number of rotatable bonds is 10. The fourth-order valence-corrected chi connectivity index (χ4v) is 9.32. The van der Waals surface area contributed by atoms with Crippen molar-refractivity contribution in [1.82, 2.24) is 24.3 Å². The molecule has 3 saturated heterocycles. The topological polar surface area (TPSA) is 183 Å². The molecule has 3 aliphatic rings. The molecular formula is C41H62FN5O10. The van der Waals surface area contributed by atoms with Crippen molar-refractivity contribution in [2.45, 2.75) is 161 Å². The van der Waals surface area contributed by atoms with E-state index in [1.54, 1.807) is 40.2 Å². The molecule has 0 aliphatic carbocycles. The first kappa shape index (κ1) is 44.5. The normalized spacial score (nSPS) is 38.6. The van der Waals surface area contributed by atoms with Crippen molar-refractivity contribution in [3.63, 3.8) is 0 Å². The van der Waals surface area contributed by atoms with Crippen molar-refractivity contribution in [3.8, 4) is 0 Å². The van der Waals surface area contributed by atoms with Crippen molar-refractivity contribution in [2.75, 3.05) is 20.1 Å². The molecule has 5 heterocycles. The molecule has 0 aromatic carbocycles. The molecule has 1 amide bonds. The van der Waals surface area contributed by atoms with Crippen molar-refractivity contribution in [3.05, 3.63) is 24.7 Å². The van der Waals surface area contributed by atoms with Gasteiger partial charge >= 0.3 is 12.1 Å². The van der Waals surface area contributed by atoms with Crippen LogP contribution in [0.2, 0.25) is 0 Å². The van der Waals surface area contributed by atoms with Gasteiger partial charge in [0.1, 0.15) is 23.5 Å². The van der Waals surface area contributed by atoms with Crippen LogP contribution in [0, 0.1) is 17.8 Å². The number of pyridine rings is 1. The zero-order valence-electron chi connectivity index (χ0n) is 35.0. The molecule has 0 bridgehead atoms. The Kier molecular flexibility index (Phi) is 13.5. The number of unbranched alkanes of at least 4 members (excludes halogenated alkanes) is 1.